The van der Waals surface area contributed by atoms with E-state index in [1.54, 1.807) is 30.3 Å². The van der Waals surface area contributed by atoms with Gasteiger partial charge in [-0.15, -0.1) is 0 Å². The Morgan fingerprint density at radius 1 is 1.17 bits per heavy atom. The van der Waals surface area contributed by atoms with Crippen molar-refractivity contribution in [3.63, 3.8) is 0 Å². The SMILES string of the molecule is COC(=O)C1=C(C(=O)c2ccc(C)cc2)[C@H](c2cccc(F)c2)n2nnnc2N1. The van der Waals surface area contributed by atoms with Crippen molar-refractivity contribution in [2.24, 2.45) is 0 Å². The lowest BCUT2D eigenvalue weighted by atomic mass is 9.89. The molecular formula is C20H16FN5O3. The van der Waals surface area contributed by atoms with E-state index in [0.29, 0.717) is 11.1 Å². The van der Waals surface area contributed by atoms with Gasteiger partial charge in [-0.3, -0.25) is 4.79 Å². The lowest BCUT2D eigenvalue weighted by molar-refractivity contribution is -0.136. The molecule has 1 aliphatic heterocycles. The van der Waals surface area contributed by atoms with Gasteiger partial charge in [-0.2, -0.15) is 4.68 Å². The number of tetrazole rings is 1. The number of esters is 1. The number of rotatable bonds is 4. The molecule has 3 aromatic rings. The van der Waals surface area contributed by atoms with Crippen LogP contribution in [0.5, 0.6) is 0 Å². The van der Waals surface area contributed by atoms with Gasteiger partial charge in [0.2, 0.25) is 5.95 Å². The number of ketones is 1. The van der Waals surface area contributed by atoms with E-state index in [9.17, 15) is 14.0 Å². The third-order valence-electron chi connectivity index (χ3n) is 4.63. The summed E-state index contributed by atoms with van der Waals surface area (Å²) in [6, 6.07) is 11.7. The maximum Gasteiger partial charge on any atom is 0.355 e. The van der Waals surface area contributed by atoms with Crippen molar-refractivity contribution < 1.29 is 18.7 Å². The van der Waals surface area contributed by atoms with Crippen molar-refractivity contribution in [2.75, 3.05) is 12.4 Å². The predicted octanol–water partition coefficient (Wildman–Crippen LogP) is 2.45. The van der Waals surface area contributed by atoms with Crippen LogP contribution in [0.1, 0.15) is 27.5 Å². The number of aromatic nitrogens is 4. The molecular weight excluding hydrogens is 377 g/mol. The molecule has 146 valence electrons. The highest BCUT2D eigenvalue weighted by Crippen LogP contribution is 2.36. The molecule has 4 rings (SSSR count). The van der Waals surface area contributed by atoms with E-state index in [4.69, 9.17) is 4.74 Å². The number of aryl methyl sites for hydroxylation is 1. The van der Waals surface area contributed by atoms with Gasteiger partial charge < -0.3 is 10.1 Å². The lowest BCUT2D eigenvalue weighted by Gasteiger charge is -2.28. The molecule has 0 unspecified atom stereocenters. The number of ether oxygens (including phenoxy) is 1. The Labute approximate surface area is 165 Å². The van der Waals surface area contributed by atoms with Crippen LogP contribution in [0.3, 0.4) is 0 Å². The van der Waals surface area contributed by atoms with Crippen LogP contribution in [0.15, 0.2) is 59.8 Å². The minimum Gasteiger partial charge on any atom is -0.464 e. The van der Waals surface area contributed by atoms with Crippen LogP contribution in [-0.4, -0.2) is 39.1 Å². The zero-order chi connectivity index (χ0) is 20.5. The maximum absolute atomic E-state index is 14.0. The number of fused-ring (bicyclic) bond motifs is 1. The Bertz CT molecular complexity index is 1140. The number of carbonyl (C=O) groups excluding carboxylic acids is 2. The first-order chi connectivity index (χ1) is 14.0. The second-order valence-corrected chi connectivity index (χ2v) is 6.51. The van der Waals surface area contributed by atoms with Crippen LogP contribution in [0.2, 0.25) is 0 Å². The molecule has 0 fully saturated rings. The summed E-state index contributed by atoms with van der Waals surface area (Å²) < 4.78 is 20.2. The topological polar surface area (TPSA) is 99.0 Å². The van der Waals surface area contributed by atoms with Crippen molar-refractivity contribution in [1.82, 2.24) is 20.2 Å². The average Bonchev–Trinajstić information content (AvgIpc) is 3.20. The van der Waals surface area contributed by atoms with E-state index in [0.717, 1.165) is 5.56 Å². The van der Waals surface area contributed by atoms with E-state index in [1.807, 2.05) is 6.92 Å². The van der Waals surface area contributed by atoms with E-state index in [1.165, 1.54) is 30.0 Å². The standard InChI is InChI=1S/C20H16FN5O3/c1-11-6-8-12(9-7-11)18(27)15-16(19(28)29-2)22-20-23-24-25-26(20)17(15)13-4-3-5-14(21)10-13/h3-10,17H,1-2H3,(H,22,23,25)/t17-/m0/s1. The molecule has 2 aromatic carbocycles. The van der Waals surface area contributed by atoms with Crippen molar-refractivity contribution in [3.8, 4) is 0 Å². The molecule has 0 amide bonds. The summed E-state index contributed by atoms with van der Waals surface area (Å²) in [6.07, 6.45) is 0. The molecule has 0 spiro atoms. The average molecular weight is 393 g/mol. The van der Waals surface area contributed by atoms with E-state index >= 15 is 0 Å². The number of carbonyl (C=O) groups is 2. The highest BCUT2D eigenvalue weighted by Gasteiger charge is 2.38. The number of anilines is 1. The summed E-state index contributed by atoms with van der Waals surface area (Å²) in [5.74, 6) is -1.53. The molecule has 1 aliphatic rings. The lowest BCUT2D eigenvalue weighted by Crippen LogP contribution is -2.33. The van der Waals surface area contributed by atoms with Gasteiger partial charge in [-0.25, -0.2) is 9.18 Å². The highest BCUT2D eigenvalue weighted by atomic mass is 19.1. The normalized spacial score (nSPS) is 15.5. The number of Topliss-reactive ketones (excluding diaryl/α,β-unsaturated/α-hetero) is 1. The Hall–Kier alpha value is -3.88. The molecule has 0 radical (unpaired) electrons. The van der Waals surface area contributed by atoms with Gasteiger partial charge in [-0.1, -0.05) is 47.1 Å². The minimum absolute atomic E-state index is 0.0612. The van der Waals surface area contributed by atoms with Gasteiger partial charge in [0.25, 0.3) is 0 Å². The quantitative estimate of drug-likeness (QED) is 0.537. The number of halogens is 1. The molecule has 0 bridgehead atoms. The molecule has 0 aliphatic carbocycles. The molecule has 8 nitrogen and oxygen atoms in total. The first-order valence-electron chi connectivity index (χ1n) is 8.74. The summed E-state index contributed by atoms with van der Waals surface area (Å²) in [5, 5.41) is 14.2. The molecule has 1 atom stereocenters. The summed E-state index contributed by atoms with van der Waals surface area (Å²) >= 11 is 0. The Morgan fingerprint density at radius 3 is 2.62 bits per heavy atom. The Morgan fingerprint density at radius 2 is 1.93 bits per heavy atom. The largest absolute Gasteiger partial charge is 0.464 e. The third kappa shape index (κ3) is 3.27. The monoisotopic (exact) mass is 393 g/mol. The Balaban J connectivity index is 1.95. The summed E-state index contributed by atoms with van der Waals surface area (Å²) in [6.45, 7) is 1.90. The van der Waals surface area contributed by atoms with Crippen molar-refractivity contribution in [1.29, 1.82) is 0 Å². The van der Waals surface area contributed by atoms with Crippen LogP contribution in [0.25, 0.3) is 0 Å². The van der Waals surface area contributed by atoms with Gasteiger partial charge in [-0.05, 0) is 35.0 Å². The number of methoxy groups -OCH3 is 1. The predicted molar refractivity (Wildman–Crippen MR) is 101 cm³/mol. The van der Waals surface area contributed by atoms with Gasteiger partial charge in [0.15, 0.2) is 5.78 Å². The van der Waals surface area contributed by atoms with Gasteiger partial charge in [0.1, 0.15) is 17.6 Å². The third-order valence-corrected chi connectivity index (χ3v) is 4.63. The number of allylic oxidation sites excluding steroid dienone is 1. The highest BCUT2D eigenvalue weighted by molar-refractivity contribution is 6.14. The van der Waals surface area contributed by atoms with Gasteiger partial charge >= 0.3 is 5.97 Å². The molecule has 0 saturated heterocycles. The second-order valence-electron chi connectivity index (χ2n) is 6.51. The van der Waals surface area contributed by atoms with E-state index in [-0.39, 0.29) is 17.2 Å². The number of nitrogens with zero attached hydrogens (tertiary/aromatic N) is 4. The summed E-state index contributed by atoms with van der Waals surface area (Å²) in [4.78, 5) is 26.0. The molecule has 2 heterocycles. The summed E-state index contributed by atoms with van der Waals surface area (Å²) in [7, 11) is 1.21. The minimum atomic E-state index is -0.917. The number of hydrogen-bond donors (Lipinski definition) is 1. The van der Waals surface area contributed by atoms with E-state index < -0.39 is 23.6 Å². The number of nitrogens with one attached hydrogen (secondary N) is 1. The van der Waals surface area contributed by atoms with Crippen LogP contribution >= 0.6 is 0 Å². The first-order valence-corrected chi connectivity index (χ1v) is 8.74. The van der Waals surface area contributed by atoms with Gasteiger partial charge in [0, 0.05) is 5.56 Å². The zero-order valence-electron chi connectivity index (χ0n) is 15.6. The maximum atomic E-state index is 14.0. The molecule has 29 heavy (non-hydrogen) atoms. The van der Waals surface area contributed by atoms with Crippen molar-refractivity contribution in [3.05, 3.63) is 82.3 Å². The van der Waals surface area contributed by atoms with Crippen LogP contribution in [0, 0.1) is 12.7 Å². The fraction of sp³-hybridized carbons (Fsp3) is 0.150. The fourth-order valence-electron chi connectivity index (χ4n) is 3.23. The molecule has 0 saturated carbocycles. The van der Waals surface area contributed by atoms with Gasteiger partial charge in [0.05, 0.1) is 12.7 Å². The van der Waals surface area contributed by atoms with Crippen molar-refractivity contribution >= 4 is 17.7 Å². The van der Waals surface area contributed by atoms with Crippen LogP contribution in [-0.2, 0) is 9.53 Å². The second kappa shape index (κ2) is 7.27. The van der Waals surface area contributed by atoms with Crippen molar-refractivity contribution in [2.45, 2.75) is 13.0 Å². The Kier molecular flexibility index (Phi) is 4.63. The zero-order valence-corrected chi connectivity index (χ0v) is 15.6. The summed E-state index contributed by atoms with van der Waals surface area (Å²) in [5.41, 5.74) is 1.74. The molecule has 9 heteroatoms. The first kappa shape index (κ1) is 18.5. The van der Waals surface area contributed by atoms with Crippen LogP contribution in [0.4, 0.5) is 10.3 Å². The number of benzene rings is 2. The van der Waals surface area contributed by atoms with E-state index in [2.05, 4.69) is 20.8 Å². The fourth-order valence-corrected chi connectivity index (χ4v) is 3.23. The number of hydrogen-bond acceptors (Lipinski definition) is 7. The molecule has 1 N–H and O–H groups in total. The molecule has 1 aromatic heterocycles. The van der Waals surface area contributed by atoms with Crippen LogP contribution < -0.4 is 5.32 Å². The smallest absolute Gasteiger partial charge is 0.355 e.